The SMILES string of the molecule is COCC(C)Oc1ccc([N+](=O)[O-])cc1CBr. The van der Waals surface area contributed by atoms with E-state index in [1.165, 1.54) is 12.1 Å². The van der Waals surface area contributed by atoms with Crippen molar-refractivity contribution in [2.24, 2.45) is 0 Å². The molecule has 0 radical (unpaired) electrons. The normalized spacial score (nSPS) is 12.2. The number of nitrogens with zero attached hydrogens (tertiary/aromatic N) is 1. The highest BCUT2D eigenvalue weighted by molar-refractivity contribution is 9.08. The van der Waals surface area contributed by atoms with E-state index in [0.29, 0.717) is 17.7 Å². The summed E-state index contributed by atoms with van der Waals surface area (Å²) in [4.78, 5) is 10.2. The number of nitro groups is 1. The maximum Gasteiger partial charge on any atom is 0.270 e. The maximum atomic E-state index is 10.6. The molecule has 0 bridgehead atoms. The number of hydrogen-bond acceptors (Lipinski definition) is 4. The molecule has 1 rings (SSSR count). The second-order valence-electron chi connectivity index (χ2n) is 3.57. The van der Waals surface area contributed by atoms with Gasteiger partial charge >= 0.3 is 0 Å². The fourth-order valence-electron chi connectivity index (χ4n) is 1.38. The Hall–Kier alpha value is -1.14. The lowest BCUT2D eigenvalue weighted by Gasteiger charge is -2.15. The average molecular weight is 304 g/mol. The molecule has 0 spiro atoms. The molecule has 0 aliphatic rings. The first kappa shape index (κ1) is 13.9. The Labute approximate surface area is 108 Å². The van der Waals surface area contributed by atoms with E-state index in [1.54, 1.807) is 13.2 Å². The van der Waals surface area contributed by atoms with Gasteiger partial charge in [-0.2, -0.15) is 0 Å². The van der Waals surface area contributed by atoms with E-state index in [4.69, 9.17) is 9.47 Å². The van der Waals surface area contributed by atoms with Gasteiger partial charge in [0.1, 0.15) is 11.9 Å². The number of alkyl halides is 1. The monoisotopic (exact) mass is 303 g/mol. The maximum absolute atomic E-state index is 10.6. The molecule has 5 nitrogen and oxygen atoms in total. The molecule has 0 saturated carbocycles. The Morgan fingerprint density at radius 3 is 2.76 bits per heavy atom. The van der Waals surface area contributed by atoms with Gasteiger partial charge < -0.3 is 9.47 Å². The highest BCUT2D eigenvalue weighted by Gasteiger charge is 2.13. The smallest absolute Gasteiger partial charge is 0.270 e. The molecule has 1 aromatic rings. The first-order valence-corrected chi connectivity index (χ1v) is 6.19. The van der Waals surface area contributed by atoms with Crippen LogP contribution in [0, 0.1) is 10.1 Å². The first-order valence-electron chi connectivity index (χ1n) is 5.07. The van der Waals surface area contributed by atoms with Gasteiger partial charge in [0.15, 0.2) is 0 Å². The van der Waals surface area contributed by atoms with Gasteiger partial charge in [-0.15, -0.1) is 0 Å². The lowest BCUT2D eigenvalue weighted by Crippen LogP contribution is -2.18. The zero-order valence-electron chi connectivity index (χ0n) is 9.68. The van der Waals surface area contributed by atoms with Crippen LogP contribution in [0.5, 0.6) is 5.75 Å². The van der Waals surface area contributed by atoms with Crippen molar-refractivity contribution in [2.45, 2.75) is 18.4 Å². The van der Waals surface area contributed by atoms with Crippen molar-refractivity contribution in [1.82, 2.24) is 0 Å². The molecule has 0 heterocycles. The van der Waals surface area contributed by atoms with Gasteiger partial charge in [0.25, 0.3) is 5.69 Å². The Morgan fingerprint density at radius 1 is 1.53 bits per heavy atom. The fraction of sp³-hybridized carbons (Fsp3) is 0.455. The summed E-state index contributed by atoms with van der Waals surface area (Å²) in [6.45, 7) is 2.35. The second kappa shape index (κ2) is 6.56. The molecular formula is C11H14BrNO4. The third-order valence-electron chi connectivity index (χ3n) is 2.13. The molecular weight excluding hydrogens is 290 g/mol. The minimum atomic E-state index is -0.422. The van der Waals surface area contributed by atoms with Gasteiger partial charge in [0.05, 0.1) is 11.5 Å². The Bertz CT molecular complexity index is 397. The van der Waals surface area contributed by atoms with E-state index in [9.17, 15) is 10.1 Å². The summed E-state index contributed by atoms with van der Waals surface area (Å²) in [6, 6.07) is 4.55. The molecule has 0 aliphatic heterocycles. The van der Waals surface area contributed by atoms with Crippen molar-refractivity contribution in [3.8, 4) is 5.75 Å². The molecule has 0 amide bonds. The predicted molar refractivity (Wildman–Crippen MR) is 67.7 cm³/mol. The molecule has 0 N–H and O–H groups in total. The summed E-state index contributed by atoms with van der Waals surface area (Å²) in [5.41, 5.74) is 0.813. The number of halogens is 1. The molecule has 1 aromatic carbocycles. The molecule has 0 saturated heterocycles. The Kier molecular flexibility index (Phi) is 5.37. The van der Waals surface area contributed by atoms with E-state index >= 15 is 0 Å². The molecule has 6 heteroatoms. The van der Waals surface area contributed by atoms with Gasteiger partial charge in [-0.25, -0.2) is 0 Å². The van der Waals surface area contributed by atoms with Crippen LogP contribution in [0.4, 0.5) is 5.69 Å². The van der Waals surface area contributed by atoms with Crippen LogP contribution in [0.1, 0.15) is 12.5 Å². The lowest BCUT2D eigenvalue weighted by atomic mass is 10.2. The predicted octanol–water partition coefficient (Wildman–Crippen LogP) is 2.90. The van der Waals surface area contributed by atoms with Crippen LogP contribution < -0.4 is 4.74 Å². The summed E-state index contributed by atoms with van der Waals surface area (Å²) in [7, 11) is 1.60. The van der Waals surface area contributed by atoms with Crippen LogP contribution in [0.15, 0.2) is 18.2 Å². The van der Waals surface area contributed by atoms with Crippen molar-refractivity contribution in [1.29, 1.82) is 0 Å². The largest absolute Gasteiger partial charge is 0.488 e. The highest BCUT2D eigenvalue weighted by Crippen LogP contribution is 2.26. The number of non-ortho nitro benzene ring substituents is 1. The molecule has 17 heavy (non-hydrogen) atoms. The summed E-state index contributed by atoms with van der Waals surface area (Å²) in [6.07, 6.45) is -0.0979. The number of benzene rings is 1. The van der Waals surface area contributed by atoms with Crippen molar-refractivity contribution in [3.05, 3.63) is 33.9 Å². The molecule has 94 valence electrons. The summed E-state index contributed by atoms with van der Waals surface area (Å²) in [5.74, 6) is 0.636. The zero-order valence-corrected chi connectivity index (χ0v) is 11.3. The lowest BCUT2D eigenvalue weighted by molar-refractivity contribution is -0.384. The van der Waals surface area contributed by atoms with Crippen LogP contribution in [-0.2, 0) is 10.1 Å². The Morgan fingerprint density at radius 2 is 2.24 bits per heavy atom. The standard InChI is InChI=1S/C11H14BrNO4/c1-8(7-16-2)17-11-4-3-10(13(14)15)5-9(11)6-12/h3-5,8H,6-7H2,1-2H3. The van der Waals surface area contributed by atoms with E-state index in [-0.39, 0.29) is 11.8 Å². The van der Waals surface area contributed by atoms with Crippen molar-refractivity contribution in [2.75, 3.05) is 13.7 Å². The summed E-state index contributed by atoms with van der Waals surface area (Å²) < 4.78 is 10.6. The van der Waals surface area contributed by atoms with Crippen LogP contribution in [0.3, 0.4) is 0 Å². The van der Waals surface area contributed by atoms with Crippen molar-refractivity contribution >= 4 is 21.6 Å². The van der Waals surface area contributed by atoms with Gasteiger partial charge in [0.2, 0.25) is 0 Å². The van der Waals surface area contributed by atoms with Crippen LogP contribution >= 0.6 is 15.9 Å². The minimum Gasteiger partial charge on any atom is -0.488 e. The van der Waals surface area contributed by atoms with Crippen molar-refractivity contribution < 1.29 is 14.4 Å². The number of methoxy groups -OCH3 is 1. The minimum absolute atomic E-state index is 0.0613. The third-order valence-corrected chi connectivity index (χ3v) is 2.73. The van der Waals surface area contributed by atoms with Gasteiger partial charge in [-0.1, -0.05) is 15.9 Å². The number of nitro benzene ring substituents is 1. The second-order valence-corrected chi connectivity index (χ2v) is 4.13. The van der Waals surface area contributed by atoms with Crippen LogP contribution in [0.25, 0.3) is 0 Å². The average Bonchev–Trinajstić information content (AvgIpc) is 2.29. The highest BCUT2D eigenvalue weighted by atomic mass is 79.9. The van der Waals surface area contributed by atoms with Crippen LogP contribution in [-0.4, -0.2) is 24.7 Å². The van der Waals surface area contributed by atoms with E-state index in [1.807, 2.05) is 6.92 Å². The molecule has 0 aromatic heterocycles. The van der Waals surface area contributed by atoms with E-state index in [2.05, 4.69) is 15.9 Å². The third kappa shape index (κ3) is 3.98. The summed E-state index contributed by atoms with van der Waals surface area (Å²) >= 11 is 3.29. The van der Waals surface area contributed by atoms with Crippen LogP contribution in [0.2, 0.25) is 0 Å². The van der Waals surface area contributed by atoms with E-state index in [0.717, 1.165) is 5.56 Å². The van der Waals surface area contributed by atoms with Gasteiger partial charge in [-0.05, 0) is 13.0 Å². The fourth-order valence-corrected chi connectivity index (χ4v) is 1.82. The van der Waals surface area contributed by atoms with Gasteiger partial charge in [-0.3, -0.25) is 10.1 Å². The number of ether oxygens (including phenoxy) is 2. The number of hydrogen-bond donors (Lipinski definition) is 0. The Balaban J connectivity index is 2.88. The molecule has 1 unspecified atom stereocenters. The van der Waals surface area contributed by atoms with Crippen molar-refractivity contribution in [3.63, 3.8) is 0 Å². The zero-order chi connectivity index (χ0) is 12.8. The van der Waals surface area contributed by atoms with E-state index < -0.39 is 4.92 Å². The van der Waals surface area contributed by atoms with Gasteiger partial charge in [0, 0.05) is 30.1 Å². The molecule has 0 aliphatic carbocycles. The first-order chi connectivity index (χ1) is 8.08. The number of rotatable bonds is 6. The quantitative estimate of drug-likeness (QED) is 0.460. The molecule has 1 atom stereocenters. The topological polar surface area (TPSA) is 61.6 Å². The molecule has 0 fully saturated rings. The summed E-state index contributed by atoms with van der Waals surface area (Å²) in [5, 5.41) is 11.1.